The van der Waals surface area contributed by atoms with Crippen LogP contribution in [0.25, 0.3) is 0 Å². The van der Waals surface area contributed by atoms with Crippen LogP contribution in [-0.2, 0) is 20.9 Å². The van der Waals surface area contributed by atoms with Gasteiger partial charge in [0.05, 0.1) is 18.9 Å². The van der Waals surface area contributed by atoms with Crippen molar-refractivity contribution in [3.8, 4) is 0 Å². The SMILES string of the molecule is CCC(=O)N(CC(=O)N(Cc1ccco1)C[C@H]1CCCO1)C1CC1. The summed E-state index contributed by atoms with van der Waals surface area (Å²) in [5, 5.41) is 0. The number of carbonyl (C=O) groups is 2. The summed E-state index contributed by atoms with van der Waals surface area (Å²) in [5.74, 6) is 0.776. The molecule has 2 amide bonds. The Morgan fingerprint density at radius 1 is 1.25 bits per heavy atom. The van der Waals surface area contributed by atoms with Crippen molar-refractivity contribution >= 4 is 11.8 Å². The fourth-order valence-corrected chi connectivity index (χ4v) is 3.14. The Morgan fingerprint density at radius 2 is 2.08 bits per heavy atom. The molecule has 24 heavy (non-hydrogen) atoms. The van der Waals surface area contributed by atoms with E-state index in [9.17, 15) is 9.59 Å². The summed E-state index contributed by atoms with van der Waals surface area (Å²) in [6.07, 6.45) is 6.15. The molecule has 6 heteroatoms. The molecule has 0 aromatic carbocycles. The van der Waals surface area contributed by atoms with E-state index in [1.807, 2.05) is 19.1 Å². The van der Waals surface area contributed by atoms with Gasteiger partial charge in [-0.1, -0.05) is 6.92 Å². The maximum atomic E-state index is 12.9. The van der Waals surface area contributed by atoms with Crippen LogP contribution in [0.3, 0.4) is 0 Å². The predicted molar refractivity (Wildman–Crippen MR) is 88.1 cm³/mol. The summed E-state index contributed by atoms with van der Waals surface area (Å²) in [4.78, 5) is 28.5. The zero-order valence-corrected chi connectivity index (χ0v) is 14.3. The third kappa shape index (κ3) is 4.38. The van der Waals surface area contributed by atoms with Crippen molar-refractivity contribution in [2.75, 3.05) is 19.7 Å². The molecule has 6 nitrogen and oxygen atoms in total. The van der Waals surface area contributed by atoms with Gasteiger partial charge in [0, 0.05) is 25.6 Å². The van der Waals surface area contributed by atoms with Gasteiger partial charge in [0.25, 0.3) is 0 Å². The van der Waals surface area contributed by atoms with E-state index < -0.39 is 0 Å². The molecule has 0 bridgehead atoms. The van der Waals surface area contributed by atoms with Crippen LogP contribution in [-0.4, -0.2) is 53.5 Å². The van der Waals surface area contributed by atoms with Crippen molar-refractivity contribution in [1.29, 1.82) is 0 Å². The number of rotatable bonds is 8. The van der Waals surface area contributed by atoms with Crippen molar-refractivity contribution < 1.29 is 18.7 Å². The van der Waals surface area contributed by atoms with Gasteiger partial charge < -0.3 is 19.0 Å². The fraction of sp³-hybridized carbons (Fsp3) is 0.667. The van der Waals surface area contributed by atoms with Crippen LogP contribution in [0.1, 0.15) is 44.8 Å². The summed E-state index contributed by atoms with van der Waals surface area (Å²) in [5.41, 5.74) is 0. The summed E-state index contributed by atoms with van der Waals surface area (Å²) in [7, 11) is 0. The lowest BCUT2D eigenvalue weighted by Crippen LogP contribution is -2.45. The van der Waals surface area contributed by atoms with Gasteiger partial charge in [0.1, 0.15) is 12.3 Å². The molecule has 0 spiro atoms. The molecule has 2 fully saturated rings. The molecule has 1 atom stereocenters. The van der Waals surface area contributed by atoms with E-state index in [1.54, 1.807) is 16.1 Å². The lowest BCUT2D eigenvalue weighted by atomic mass is 10.2. The van der Waals surface area contributed by atoms with Gasteiger partial charge in [0.15, 0.2) is 0 Å². The third-order valence-corrected chi connectivity index (χ3v) is 4.64. The first-order chi connectivity index (χ1) is 11.7. The Kier molecular flexibility index (Phi) is 5.56. The minimum Gasteiger partial charge on any atom is -0.467 e. The molecule has 1 aliphatic carbocycles. The summed E-state index contributed by atoms with van der Waals surface area (Å²) in [6, 6.07) is 3.93. The normalized spacial score (nSPS) is 20.1. The largest absolute Gasteiger partial charge is 0.467 e. The fourth-order valence-electron chi connectivity index (χ4n) is 3.14. The topological polar surface area (TPSA) is 63.0 Å². The molecule has 1 saturated heterocycles. The highest BCUT2D eigenvalue weighted by molar-refractivity contribution is 5.85. The molecule has 1 saturated carbocycles. The number of nitrogens with zero attached hydrogens (tertiary/aromatic N) is 2. The first-order valence-corrected chi connectivity index (χ1v) is 8.88. The Labute approximate surface area is 142 Å². The smallest absolute Gasteiger partial charge is 0.242 e. The standard InChI is InChI=1S/C18H26N2O4/c1-2-17(21)20(14-7-8-14)13-18(22)19(11-15-5-3-9-23-15)12-16-6-4-10-24-16/h3,5,9,14,16H,2,4,6-8,10-13H2,1H3/t16-/m1/s1. The zero-order chi connectivity index (χ0) is 16.9. The Morgan fingerprint density at radius 3 is 2.67 bits per heavy atom. The lowest BCUT2D eigenvalue weighted by molar-refractivity contribution is -0.142. The van der Waals surface area contributed by atoms with E-state index >= 15 is 0 Å². The number of carbonyl (C=O) groups excluding carboxylic acids is 2. The highest BCUT2D eigenvalue weighted by atomic mass is 16.5. The average Bonchev–Trinajstić information content (AvgIpc) is 3.06. The maximum absolute atomic E-state index is 12.9. The molecular weight excluding hydrogens is 308 g/mol. The van der Waals surface area contributed by atoms with Gasteiger partial charge in [-0.2, -0.15) is 0 Å². The zero-order valence-electron chi connectivity index (χ0n) is 14.3. The number of hydrogen-bond donors (Lipinski definition) is 0. The number of furan rings is 1. The first kappa shape index (κ1) is 17.0. The molecule has 1 aromatic heterocycles. The van der Waals surface area contributed by atoms with Crippen LogP contribution in [0.4, 0.5) is 0 Å². The van der Waals surface area contributed by atoms with E-state index in [0.717, 1.165) is 38.1 Å². The van der Waals surface area contributed by atoms with E-state index in [1.165, 1.54) is 0 Å². The van der Waals surface area contributed by atoms with E-state index in [2.05, 4.69) is 0 Å². The monoisotopic (exact) mass is 334 g/mol. The quantitative estimate of drug-likeness (QED) is 0.731. The van der Waals surface area contributed by atoms with E-state index in [0.29, 0.717) is 19.5 Å². The van der Waals surface area contributed by atoms with Gasteiger partial charge in [-0.3, -0.25) is 9.59 Å². The molecule has 132 valence electrons. The minimum absolute atomic E-state index is 0.0319. The minimum atomic E-state index is -0.0319. The van der Waals surface area contributed by atoms with E-state index in [-0.39, 0.29) is 30.5 Å². The molecule has 1 aromatic rings. The van der Waals surface area contributed by atoms with Crippen molar-refractivity contribution in [2.45, 2.75) is 57.7 Å². The third-order valence-electron chi connectivity index (χ3n) is 4.64. The van der Waals surface area contributed by atoms with Crippen LogP contribution < -0.4 is 0 Å². The van der Waals surface area contributed by atoms with Crippen LogP contribution >= 0.6 is 0 Å². The molecular formula is C18H26N2O4. The van der Waals surface area contributed by atoms with Gasteiger partial charge in [-0.05, 0) is 37.8 Å². The molecule has 1 aliphatic heterocycles. The Balaban J connectivity index is 1.65. The predicted octanol–water partition coefficient (Wildman–Crippen LogP) is 2.19. The number of ether oxygens (including phenoxy) is 1. The van der Waals surface area contributed by atoms with Crippen LogP contribution in [0.5, 0.6) is 0 Å². The number of amides is 2. The highest BCUT2D eigenvalue weighted by Gasteiger charge is 2.34. The number of hydrogen-bond acceptors (Lipinski definition) is 4. The van der Waals surface area contributed by atoms with Crippen LogP contribution in [0.15, 0.2) is 22.8 Å². The van der Waals surface area contributed by atoms with Gasteiger partial charge >= 0.3 is 0 Å². The molecule has 3 rings (SSSR count). The molecule has 0 N–H and O–H groups in total. The Bertz CT molecular complexity index is 547. The van der Waals surface area contributed by atoms with Crippen molar-refractivity contribution in [1.82, 2.24) is 9.80 Å². The van der Waals surface area contributed by atoms with Gasteiger partial charge in [-0.25, -0.2) is 0 Å². The second-order valence-electron chi connectivity index (χ2n) is 6.60. The Hall–Kier alpha value is -1.82. The van der Waals surface area contributed by atoms with Crippen LogP contribution in [0.2, 0.25) is 0 Å². The maximum Gasteiger partial charge on any atom is 0.242 e. The second kappa shape index (κ2) is 7.83. The lowest BCUT2D eigenvalue weighted by Gasteiger charge is -2.28. The molecule has 0 unspecified atom stereocenters. The second-order valence-corrected chi connectivity index (χ2v) is 6.60. The van der Waals surface area contributed by atoms with Crippen molar-refractivity contribution in [3.05, 3.63) is 24.2 Å². The van der Waals surface area contributed by atoms with Crippen molar-refractivity contribution in [2.24, 2.45) is 0 Å². The summed E-state index contributed by atoms with van der Waals surface area (Å²) < 4.78 is 11.1. The van der Waals surface area contributed by atoms with E-state index in [4.69, 9.17) is 9.15 Å². The highest BCUT2D eigenvalue weighted by Crippen LogP contribution is 2.27. The van der Waals surface area contributed by atoms with Gasteiger partial charge in [0.2, 0.25) is 11.8 Å². The molecule has 0 radical (unpaired) electrons. The summed E-state index contributed by atoms with van der Waals surface area (Å²) >= 11 is 0. The molecule has 2 aliphatic rings. The van der Waals surface area contributed by atoms with Gasteiger partial charge in [-0.15, -0.1) is 0 Å². The first-order valence-electron chi connectivity index (χ1n) is 8.88. The molecule has 2 heterocycles. The van der Waals surface area contributed by atoms with Crippen LogP contribution in [0, 0.1) is 0 Å². The summed E-state index contributed by atoms with van der Waals surface area (Å²) in [6.45, 7) is 3.73. The van der Waals surface area contributed by atoms with Crippen molar-refractivity contribution in [3.63, 3.8) is 0 Å². The average molecular weight is 334 g/mol.